The van der Waals surface area contributed by atoms with E-state index >= 15 is 0 Å². The highest BCUT2D eigenvalue weighted by molar-refractivity contribution is 7.78. The molecule has 0 aromatic carbocycles. The van der Waals surface area contributed by atoms with Crippen LogP contribution in [0.1, 0.15) is 83.5 Å². The van der Waals surface area contributed by atoms with Crippen LogP contribution in [0.5, 0.6) is 0 Å². The van der Waals surface area contributed by atoms with Gasteiger partial charge in [0.25, 0.3) is 0 Å². The van der Waals surface area contributed by atoms with E-state index in [4.69, 9.17) is 0 Å². The summed E-state index contributed by atoms with van der Waals surface area (Å²) in [6.45, 7) is 0.860. The van der Waals surface area contributed by atoms with E-state index in [1.807, 2.05) is 0 Å². The molecule has 0 saturated carbocycles. The van der Waals surface area contributed by atoms with Crippen molar-refractivity contribution in [2.45, 2.75) is 83.5 Å². The third-order valence-electron chi connectivity index (χ3n) is 3.69. The van der Waals surface area contributed by atoms with Gasteiger partial charge in [0.2, 0.25) is 0 Å². The van der Waals surface area contributed by atoms with Crippen molar-refractivity contribution in [1.82, 2.24) is 0 Å². The van der Waals surface area contributed by atoms with Gasteiger partial charge >= 0.3 is 0 Å². The Morgan fingerprint density at radius 1 is 0.636 bits per heavy atom. The summed E-state index contributed by atoms with van der Waals surface area (Å²) < 4.78 is 0. The first kappa shape index (κ1) is 21.3. The van der Waals surface area contributed by atoms with Gasteiger partial charge in [-0.05, 0) is 43.7 Å². The molecule has 124 valence electrons. The summed E-state index contributed by atoms with van der Waals surface area (Å²) in [6, 6.07) is 0. The predicted molar refractivity (Wildman–Crippen MR) is 104 cm³/mol. The zero-order chi connectivity index (χ0) is 16.1. The molecule has 0 atom stereocenters. The van der Waals surface area contributed by atoms with Crippen molar-refractivity contribution in [1.29, 1.82) is 0 Å². The SMILES string of the molecule is S=C=N/C=C\CCCCCCCCCCCCCCN=C=S. The molecule has 0 radical (unpaired) electrons. The quantitative estimate of drug-likeness (QED) is 0.176. The number of allylic oxidation sites excluding steroid dienone is 1. The molecule has 0 rings (SSSR count). The average Bonchev–Trinajstić information content (AvgIpc) is 2.54. The number of nitrogens with zero attached hydrogens (tertiary/aromatic N) is 2. The van der Waals surface area contributed by atoms with Gasteiger partial charge < -0.3 is 0 Å². The lowest BCUT2D eigenvalue weighted by atomic mass is 10.0. The summed E-state index contributed by atoms with van der Waals surface area (Å²) in [7, 11) is 0. The second-order valence-electron chi connectivity index (χ2n) is 5.61. The second kappa shape index (κ2) is 20.3. The summed E-state index contributed by atoms with van der Waals surface area (Å²) in [5, 5.41) is 4.75. The van der Waals surface area contributed by atoms with Gasteiger partial charge in [0.15, 0.2) is 0 Å². The van der Waals surface area contributed by atoms with Crippen LogP contribution in [0.3, 0.4) is 0 Å². The first-order chi connectivity index (χ1) is 10.9. The molecule has 22 heavy (non-hydrogen) atoms. The van der Waals surface area contributed by atoms with Crippen molar-refractivity contribution < 1.29 is 0 Å². The van der Waals surface area contributed by atoms with E-state index in [0.717, 1.165) is 19.4 Å². The molecule has 2 nitrogen and oxygen atoms in total. The lowest BCUT2D eigenvalue weighted by molar-refractivity contribution is 0.542. The monoisotopic (exact) mass is 338 g/mol. The fraction of sp³-hybridized carbons (Fsp3) is 0.778. The molecule has 0 aromatic rings. The Balaban J connectivity index is 3.05. The molecule has 0 saturated heterocycles. The average molecular weight is 339 g/mol. The maximum atomic E-state index is 4.54. The molecule has 0 aliphatic rings. The van der Waals surface area contributed by atoms with Crippen molar-refractivity contribution in [3.63, 3.8) is 0 Å². The van der Waals surface area contributed by atoms with E-state index in [0.29, 0.717) is 0 Å². The van der Waals surface area contributed by atoms with Crippen LogP contribution in [0.2, 0.25) is 0 Å². The molecule has 0 unspecified atom stereocenters. The van der Waals surface area contributed by atoms with Crippen LogP contribution in [-0.2, 0) is 0 Å². The van der Waals surface area contributed by atoms with Crippen molar-refractivity contribution in [3.05, 3.63) is 12.3 Å². The Morgan fingerprint density at radius 3 is 1.64 bits per heavy atom. The molecular formula is C18H30N2S2. The van der Waals surface area contributed by atoms with E-state index in [9.17, 15) is 0 Å². The standard InChI is InChI=1S/C18H30N2S2/c21-17-19-15-13-11-9-7-5-3-1-2-4-6-8-10-12-14-16-20-18-22/h13,15H,1-12,14,16H2/b15-13-. The lowest BCUT2D eigenvalue weighted by Gasteiger charge is -2.02. The topological polar surface area (TPSA) is 24.7 Å². The molecule has 0 aromatic heterocycles. The molecule has 0 aliphatic heterocycles. The number of hydrogen-bond donors (Lipinski definition) is 0. The van der Waals surface area contributed by atoms with Crippen LogP contribution in [-0.4, -0.2) is 16.9 Å². The van der Waals surface area contributed by atoms with Crippen LogP contribution in [0.4, 0.5) is 0 Å². The first-order valence-electron chi connectivity index (χ1n) is 8.67. The highest BCUT2D eigenvalue weighted by Crippen LogP contribution is 2.12. The highest BCUT2D eigenvalue weighted by atomic mass is 32.1. The molecule has 0 amide bonds. The van der Waals surface area contributed by atoms with Crippen LogP contribution < -0.4 is 0 Å². The molecule has 4 heteroatoms. The van der Waals surface area contributed by atoms with Gasteiger partial charge in [0.1, 0.15) is 0 Å². The Hall–Kier alpha value is -0.660. The Labute approximate surface area is 147 Å². The zero-order valence-electron chi connectivity index (χ0n) is 13.8. The fourth-order valence-electron chi connectivity index (χ4n) is 2.42. The normalized spacial score (nSPS) is 10.4. The minimum atomic E-state index is 0.860. The van der Waals surface area contributed by atoms with E-state index in [1.165, 1.54) is 70.6 Å². The smallest absolute Gasteiger partial charge is 0.0634 e. The minimum Gasteiger partial charge on any atom is -0.233 e. The van der Waals surface area contributed by atoms with Crippen molar-refractivity contribution >= 4 is 34.8 Å². The third-order valence-corrected chi connectivity index (χ3v) is 3.92. The number of unbranched alkanes of at least 4 members (excludes halogenated alkanes) is 12. The molecule has 0 N–H and O–H groups in total. The molecular weight excluding hydrogens is 308 g/mol. The van der Waals surface area contributed by atoms with Gasteiger partial charge in [-0.25, -0.2) is 9.98 Å². The first-order valence-corrected chi connectivity index (χ1v) is 9.49. The number of rotatable bonds is 16. The largest absolute Gasteiger partial charge is 0.233 e. The lowest BCUT2D eigenvalue weighted by Crippen LogP contribution is -1.84. The summed E-state index contributed by atoms with van der Waals surface area (Å²) in [4.78, 5) is 7.68. The van der Waals surface area contributed by atoms with Gasteiger partial charge in [-0.1, -0.05) is 70.3 Å². The third kappa shape index (κ3) is 19.3. The fourth-order valence-corrected chi connectivity index (χ4v) is 2.58. The molecule has 0 fully saturated rings. The van der Waals surface area contributed by atoms with Gasteiger partial charge in [0.05, 0.1) is 10.3 Å². The maximum Gasteiger partial charge on any atom is 0.0634 e. The van der Waals surface area contributed by atoms with E-state index in [-0.39, 0.29) is 0 Å². The van der Waals surface area contributed by atoms with Crippen molar-refractivity contribution in [2.75, 3.05) is 6.54 Å². The van der Waals surface area contributed by atoms with Crippen molar-refractivity contribution in [2.24, 2.45) is 9.98 Å². The molecule has 0 heterocycles. The Kier molecular flexibility index (Phi) is 19.7. The summed E-state index contributed by atoms with van der Waals surface area (Å²) in [5.74, 6) is 0. The van der Waals surface area contributed by atoms with E-state index in [1.54, 1.807) is 6.20 Å². The minimum absolute atomic E-state index is 0.860. The van der Waals surface area contributed by atoms with Crippen LogP contribution in [0, 0.1) is 0 Å². The van der Waals surface area contributed by atoms with Crippen LogP contribution >= 0.6 is 24.4 Å². The second-order valence-corrected chi connectivity index (χ2v) is 5.97. The van der Waals surface area contributed by atoms with Gasteiger partial charge in [0, 0.05) is 12.7 Å². The van der Waals surface area contributed by atoms with Crippen LogP contribution in [0.25, 0.3) is 0 Å². The number of thiocarbonyl (C=S) groups is 2. The maximum absolute atomic E-state index is 4.54. The number of isothiocyanates is 2. The molecule has 0 spiro atoms. The summed E-state index contributed by atoms with van der Waals surface area (Å²) in [5.41, 5.74) is 0. The predicted octanol–water partition coefficient (Wildman–Crippen LogP) is 6.78. The molecule has 0 aliphatic carbocycles. The van der Waals surface area contributed by atoms with Crippen molar-refractivity contribution in [3.8, 4) is 0 Å². The summed E-state index contributed by atoms with van der Waals surface area (Å²) >= 11 is 9.03. The van der Waals surface area contributed by atoms with Gasteiger partial charge in [-0.2, -0.15) is 0 Å². The Bertz CT molecular complexity index is 354. The van der Waals surface area contributed by atoms with E-state index < -0.39 is 0 Å². The van der Waals surface area contributed by atoms with Gasteiger partial charge in [-0.3, -0.25) is 0 Å². The number of aliphatic imine (C=N–C) groups is 2. The Morgan fingerprint density at radius 2 is 1.14 bits per heavy atom. The summed E-state index contributed by atoms with van der Waals surface area (Å²) in [6.07, 6.45) is 21.0. The molecule has 0 bridgehead atoms. The highest BCUT2D eigenvalue weighted by Gasteiger charge is 1.93. The van der Waals surface area contributed by atoms with Gasteiger partial charge in [-0.15, -0.1) is 0 Å². The zero-order valence-corrected chi connectivity index (χ0v) is 15.4. The van der Waals surface area contributed by atoms with E-state index in [2.05, 4.69) is 50.8 Å². The number of hydrogen-bond acceptors (Lipinski definition) is 4. The van der Waals surface area contributed by atoms with Crippen LogP contribution in [0.15, 0.2) is 22.3 Å².